The van der Waals surface area contributed by atoms with Crippen LogP contribution in [-0.2, 0) is 17.9 Å². The molecule has 0 bridgehead atoms. The van der Waals surface area contributed by atoms with Crippen LogP contribution in [0, 0.1) is 0 Å². The fourth-order valence-corrected chi connectivity index (χ4v) is 10.5. The molecular weight excluding hydrogens is 795 g/mol. The Morgan fingerprint density at radius 3 is 1.03 bits per heavy atom. The molecule has 8 rings (SSSR count). The molecule has 0 saturated heterocycles. The maximum absolute atomic E-state index is 8.36. The van der Waals surface area contributed by atoms with E-state index in [1.54, 1.807) is 47.0 Å². The Morgan fingerprint density at radius 1 is 0.483 bits per heavy atom. The van der Waals surface area contributed by atoms with E-state index in [-0.39, 0.29) is 6.47 Å². The van der Waals surface area contributed by atoms with Crippen LogP contribution in [0.1, 0.15) is 11.4 Å². The molecule has 2 heterocycles. The van der Waals surface area contributed by atoms with E-state index in [1.807, 2.05) is 12.4 Å². The first-order chi connectivity index (χ1) is 28.4. The Hall–Kier alpha value is -5.43. The number of carbonyl (C=O) groups is 1. The number of nitrogens with zero attached hydrogens (tertiary/aromatic N) is 3. The first-order valence-electron chi connectivity index (χ1n) is 18.5. The molecule has 0 aliphatic rings. The molecule has 58 heavy (non-hydrogen) atoms. The third-order valence-corrected chi connectivity index (χ3v) is 13.1. The van der Waals surface area contributed by atoms with Gasteiger partial charge in [0.2, 0.25) is 0 Å². The molecular formula is C47H42N5O2S4+. The van der Waals surface area contributed by atoms with E-state index >= 15 is 0 Å². The number of hydrogen-bond acceptors (Lipinski definition) is 7. The van der Waals surface area contributed by atoms with Crippen molar-refractivity contribution in [3.63, 3.8) is 0 Å². The summed E-state index contributed by atoms with van der Waals surface area (Å²) >= 11 is 7.08. The predicted octanol–water partition coefficient (Wildman–Crippen LogP) is 12.5. The molecule has 0 fully saturated rings. The highest BCUT2D eigenvalue weighted by molar-refractivity contribution is 8.00. The predicted molar refractivity (Wildman–Crippen MR) is 239 cm³/mol. The zero-order valence-electron chi connectivity index (χ0n) is 32.0. The highest BCUT2D eigenvalue weighted by Gasteiger charge is 2.23. The number of H-pyrrole nitrogens is 2. The fraction of sp³-hybridized carbons (Fsp3) is 0.0851. The van der Waals surface area contributed by atoms with E-state index in [9.17, 15) is 0 Å². The van der Waals surface area contributed by atoms with Crippen molar-refractivity contribution in [1.82, 2.24) is 19.9 Å². The van der Waals surface area contributed by atoms with Crippen molar-refractivity contribution in [2.45, 2.75) is 52.3 Å². The number of carboxylic acid groups (broad SMARTS) is 1. The minimum absolute atomic E-state index is 0.250. The third-order valence-electron chi connectivity index (χ3n) is 8.79. The largest absolute Gasteiger partial charge is 0.483 e. The van der Waals surface area contributed by atoms with Crippen LogP contribution >= 0.6 is 47.0 Å². The molecule has 11 heteroatoms. The van der Waals surface area contributed by atoms with Gasteiger partial charge in [0.05, 0.1) is 37.9 Å². The third kappa shape index (κ3) is 10.9. The molecule has 8 aromatic rings. The van der Waals surface area contributed by atoms with Gasteiger partial charge in [-0.3, -0.25) is 4.79 Å². The number of benzene rings is 6. The lowest BCUT2D eigenvalue weighted by molar-refractivity contribution is -0.917. The molecule has 0 atom stereocenters. The van der Waals surface area contributed by atoms with E-state index in [4.69, 9.17) is 19.9 Å². The van der Waals surface area contributed by atoms with Crippen molar-refractivity contribution in [2.75, 3.05) is 14.1 Å². The minimum Gasteiger partial charge on any atom is -0.483 e. The lowest BCUT2D eigenvalue weighted by Crippen LogP contribution is -2.38. The summed E-state index contributed by atoms with van der Waals surface area (Å²) in [5.41, 5.74) is 4.41. The lowest BCUT2D eigenvalue weighted by atomic mass is 10.2. The monoisotopic (exact) mass is 836 g/mol. The molecule has 6 aromatic carbocycles. The highest BCUT2D eigenvalue weighted by atomic mass is 32.2. The van der Waals surface area contributed by atoms with E-state index in [1.165, 1.54) is 39.2 Å². The lowest BCUT2D eigenvalue weighted by Gasteiger charge is -2.28. The molecule has 3 N–H and O–H groups in total. The Labute approximate surface area is 356 Å². The summed E-state index contributed by atoms with van der Waals surface area (Å²) in [6.07, 6.45) is 4.00. The number of imidazole rings is 2. The minimum atomic E-state index is -0.250. The maximum Gasteiger partial charge on any atom is 0.290 e. The van der Waals surface area contributed by atoms with Crippen molar-refractivity contribution in [2.24, 2.45) is 0 Å². The summed E-state index contributed by atoms with van der Waals surface area (Å²) in [4.78, 5) is 35.3. The van der Waals surface area contributed by atoms with Gasteiger partial charge in [0.25, 0.3) is 6.47 Å². The standard InChI is InChI=1S/C46H40N5S4.CH2O2/c1-51(2,31-33-29-47-45(49-33)43-39(52-35-17-7-3-8-18-35)25-15-26-40(43)53-36-19-9-4-10-20-36)32-34-30-48-46(50-34)44-41(54-37-21-11-5-12-22-37)27-16-28-42(44)55-38-23-13-6-14-24-38;2-1-3/h3-30H,31-32H2,1-2H3,(H,47,49)(H,48,50);1H,(H,2,3)/q+1;. The van der Waals surface area contributed by atoms with Gasteiger partial charge in [-0.1, -0.05) is 132 Å². The van der Waals surface area contributed by atoms with Crippen LogP contribution in [-0.4, -0.2) is 50.1 Å². The van der Waals surface area contributed by atoms with Gasteiger partial charge in [0.1, 0.15) is 24.7 Å². The van der Waals surface area contributed by atoms with E-state index in [2.05, 4.69) is 182 Å². The number of hydrogen-bond donors (Lipinski definition) is 3. The molecule has 7 nitrogen and oxygen atoms in total. The van der Waals surface area contributed by atoms with Crippen LogP contribution in [0.5, 0.6) is 0 Å². The van der Waals surface area contributed by atoms with Crippen LogP contribution in [0.15, 0.2) is 209 Å². The zero-order valence-corrected chi connectivity index (χ0v) is 35.3. The Bertz CT molecular complexity index is 2240. The van der Waals surface area contributed by atoms with E-state index < -0.39 is 0 Å². The summed E-state index contributed by atoms with van der Waals surface area (Å²) in [6, 6.07) is 55.2. The van der Waals surface area contributed by atoms with Crippen LogP contribution in [0.4, 0.5) is 0 Å². The van der Waals surface area contributed by atoms with Crippen LogP contribution < -0.4 is 0 Å². The maximum atomic E-state index is 8.36. The van der Waals surface area contributed by atoms with Crippen LogP contribution in [0.2, 0.25) is 0 Å². The first-order valence-corrected chi connectivity index (χ1v) is 21.8. The quantitative estimate of drug-likeness (QED) is 0.0736. The number of aromatic amines is 2. The molecule has 0 amide bonds. The normalized spacial score (nSPS) is 11.1. The molecule has 0 aliphatic heterocycles. The molecule has 0 radical (unpaired) electrons. The van der Waals surface area contributed by atoms with Gasteiger partial charge in [-0.15, -0.1) is 0 Å². The summed E-state index contributed by atoms with van der Waals surface area (Å²) < 4.78 is 0.710. The van der Waals surface area contributed by atoms with Crippen molar-refractivity contribution >= 4 is 53.5 Å². The van der Waals surface area contributed by atoms with E-state index in [0.717, 1.165) is 47.3 Å². The molecule has 0 aliphatic carbocycles. The Kier molecular flexibility index (Phi) is 13.9. The summed E-state index contributed by atoms with van der Waals surface area (Å²) in [6.45, 7) is 1.29. The van der Waals surface area contributed by atoms with Crippen molar-refractivity contribution in [3.05, 3.63) is 182 Å². The molecule has 290 valence electrons. The second-order valence-corrected chi connectivity index (χ2v) is 18.3. The van der Waals surface area contributed by atoms with Gasteiger partial charge < -0.3 is 19.6 Å². The molecule has 0 spiro atoms. The number of aromatic nitrogens is 4. The molecule has 0 saturated carbocycles. The van der Waals surface area contributed by atoms with Crippen LogP contribution in [0.3, 0.4) is 0 Å². The Balaban J connectivity index is 0.00000166. The summed E-state index contributed by atoms with van der Waals surface area (Å²) in [7, 11) is 4.51. The average Bonchev–Trinajstić information content (AvgIpc) is 3.89. The number of nitrogens with one attached hydrogen (secondary N) is 2. The van der Waals surface area contributed by atoms with Gasteiger partial charge >= 0.3 is 0 Å². The van der Waals surface area contributed by atoms with Gasteiger partial charge in [-0.2, -0.15) is 0 Å². The van der Waals surface area contributed by atoms with Crippen LogP contribution in [0.25, 0.3) is 22.8 Å². The van der Waals surface area contributed by atoms with Gasteiger partial charge in [-0.05, 0) is 72.8 Å². The van der Waals surface area contributed by atoms with Crippen molar-refractivity contribution in [1.29, 1.82) is 0 Å². The first kappa shape index (κ1) is 40.8. The summed E-state index contributed by atoms with van der Waals surface area (Å²) in [5, 5.41) is 6.89. The smallest absolute Gasteiger partial charge is 0.290 e. The Morgan fingerprint density at radius 2 is 0.759 bits per heavy atom. The zero-order chi connectivity index (χ0) is 40.2. The fourth-order valence-electron chi connectivity index (χ4n) is 6.40. The van der Waals surface area contributed by atoms with Crippen molar-refractivity contribution < 1.29 is 14.4 Å². The second-order valence-electron chi connectivity index (χ2n) is 13.8. The average molecular weight is 837 g/mol. The van der Waals surface area contributed by atoms with Crippen molar-refractivity contribution in [3.8, 4) is 22.8 Å². The topological polar surface area (TPSA) is 94.7 Å². The second kappa shape index (κ2) is 19.8. The molecule has 0 unspecified atom stereocenters. The number of quaternary nitrogens is 1. The highest BCUT2D eigenvalue weighted by Crippen LogP contribution is 2.44. The van der Waals surface area contributed by atoms with Gasteiger partial charge in [0, 0.05) is 50.3 Å². The summed E-state index contributed by atoms with van der Waals surface area (Å²) in [5.74, 6) is 1.76. The van der Waals surface area contributed by atoms with Gasteiger partial charge in [-0.25, -0.2) is 9.97 Å². The van der Waals surface area contributed by atoms with E-state index in [0.29, 0.717) is 4.48 Å². The van der Waals surface area contributed by atoms with Gasteiger partial charge in [0.15, 0.2) is 0 Å². The SMILES string of the molecule is C[N+](C)(Cc1cnc(-c2c(Sc3ccccc3)cccc2Sc2ccccc2)[nH]1)Cc1cnc(-c2c(Sc3ccccc3)cccc2Sc2ccccc2)[nH]1.O=CO. The number of rotatable bonds is 14. The molecule has 2 aromatic heterocycles.